The molecule has 3 rings (SSSR count). The molecule has 0 fully saturated rings. The summed E-state index contributed by atoms with van der Waals surface area (Å²) in [4.78, 5) is 0. The molecule has 0 N–H and O–H groups in total. The minimum atomic E-state index is -0.224. The van der Waals surface area contributed by atoms with E-state index in [1.807, 2.05) is 0 Å². The fraction of sp³-hybridized carbons (Fsp3) is 0.364. The third-order valence-electron chi connectivity index (χ3n) is 4.76. The fourth-order valence-electron chi connectivity index (χ4n) is 3.47. The van der Waals surface area contributed by atoms with Crippen LogP contribution in [0.3, 0.4) is 0 Å². The van der Waals surface area contributed by atoms with Crippen molar-refractivity contribution in [3.05, 3.63) is 76.5 Å². The van der Waals surface area contributed by atoms with Crippen molar-refractivity contribution in [1.29, 1.82) is 0 Å². The maximum absolute atomic E-state index is 12.9. The summed E-state index contributed by atoms with van der Waals surface area (Å²) < 4.78 is 19.7. The van der Waals surface area contributed by atoms with E-state index in [-0.39, 0.29) is 5.82 Å². The van der Waals surface area contributed by atoms with Gasteiger partial charge in [-0.05, 0) is 85.9 Å². The summed E-state index contributed by atoms with van der Waals surface area (Å²) in [7, 11) is 0. The molecule has 2 atom stereocenters. The Bertz CT molecular complexity index is 678. The first-order valence-corrected chi connectivity index (χ1v) is 9.78. The Kier molecular flexibility index (Phi) is 6.69. The first kappa shape index (κ1) is 18.2. The summed E-state index contributed by atoms with van der Waals surface area (Å²) in [6.45, 7) is 0.698. The van der Waals surface area contributed by atoms with Crippen LogP contribution in [0.4, 0.5) is 4.39 Å². The standard InChI is InChI=1S/C22H24BrFO/c23-20-8-6-18(7-9-20)16-19-4-1-3-17(15-19)5-2-14-25-22-12-10-21(24)11-13-22/h1,4,6-13,17,19H,2-3,5,14-16H2. The molecule has 2 aromatic rings. The fourth-order valence-corrected chi connectivity index (χ4v) is 3.73. The van der Waals surface area contributed by atoms with Gasteiger partial charge in [-0.25, -0.2) is 4.39 Å². The van der Waals surface area contributed by atoms with Crippen molar-refractivity contribution in [3.63, 3.8) is 0 Å². The zero-order valence-electron chi connectivity index (χ0n) is 14.3. The van der Waals surface area contributed by atoms with Gasteiger partial charge >= 0.3 is 0 Å². The third kappa shape index (κ3) is 6.00. The van der Waals surface area contributed by atoms with Gasteiger partial charge in [0, 0.05) is 4.47 Å². The molecule has 3 heteroatoms. The van der Waals surface area contributed by atoms with Gasteiger partial charge in [0.2, 0.25) is 0 Å². The Balaban J connectivity index is 1.39. The van der Waals surface area contributed by atoms with Gasteiger partial charge < -0.3 is 4.74 Å². The second kappa shape index (κ2) is 9.19. The van der Waals surface area contributed by atoms with Crippen LogP contribution < -0.4 is 4.74 Å². The normalized spacial score (nSPS) is 19.8. The lowest BCUT2D eigenvalue weighted by molar-refractivity contribution is 0.279. The van der Waals surface area contributed by atoms with Crippen LogP contribution in [0.25, 0.3) is 0 Å². The molecule has 1 aliphatic carbocycles. The molecule has 2 unspecified atom stereocenters. The minimum absolute atomic E-state index is 0.224. The molecule has 1 nitrogen and oxygen atoms in total. The molecule has 0 bridgehead atoms. The third-order valence-corrected chi connectivity index (χ3v) is 5.29. The molecule has 0 saturated carbocycles. The monoisotopic (exact) mass is 402 g/mol. The molecule has 132 valence electrons. The lowest BCUT2D eigenvalue weighted by Gasteiger charge is -2.25. The Morgan fingerprint density at radius 1 is 1.04 bits per heavy atom. The Hall–Kier alpha value is -1.61. The highest BCUT2D eigenvalue weighted by Crippen LogP contribution is 2.29. The van der Waals surface area contributed by atoms with Crippen molar-refractivity contribution >= 4 is 15.9 Å². The van der Waals surface area contributed by atoms with Gasteiger partial charge in [0.05, 0.1) is 6.61 Å². The first-order valence-electron chi connectivity index (χ1n) is 8.98. The van der Waals surface area contributed by atoms with Crippen LogP contribution in [0, 0.1) is 17.7 Å². The lowest BCUT2D eigenvalue weighted by Crippen LogP contribution is -2.14. The molecule has 0 spiro atoms. The van der Waals surface area contributed by atoms with E-state index in [0.717, 1.165) is 29.0 Å². The molecule has 0 aromatic heterocycles. The highest BCUT2D eigenvalue weighted by molar-refractivity contribution is 9.10. The molecular formula is C22H24BrFO. The van der Waals surface area contributed by atoms with E-state index >= 15 is 0 Å². The zero-order chi connectivity index (χ0) is 17.5. The first-order chi connectivity index (χ1) is 12.2. The van der Waals surface area contributed by atoms with Crippen molar-refractivity contribution in [2.45, 2.75) is 32.1 Å². The van der Waals surface area contributed by atoms with Gasteiger partial charge in [0.15, 0.2) is 0 Å². The molecule has 2 aromatic carbocycles. The van der Waals surface area contributed by atoms with Gasteiger partial charge in [0.25, 0.3) is 0 Å². The van der Waals surface area contributed by atoms with E-state index in [4.69, 9.17) is 4.74 Å². The van der Waals surface area contributed by atoms with Crippen molar-refractivity contribution in [1.82, 2.24) is 0 Å². The van der Waals surface area contributed by atoms with Gasteiger partial charge in [-0.2, -0.15) is 0 Å². The number of rotatable bonds is 7. The van der Waals surface area contributed by atoms with E-state index in [1.54, 1.807) is 12.1 Å². The molecule has 1 aliphatic rings. The second-order valence-electron chi connectivity index (χ2n) is 6.80. The summed E-state index contributed by atoms with van der Waals surface area (Å²) in [5.74, 6) is 1.90. The highest BCUT2D eigenvalue weighted by atomic mass is 79.9. The number of benzene rings is 2. The number of ether oxygens (including phenoxy) is 1. The maximum Gasteiger partial charge on any atom is 0.123 e. The maximum atomic E-state index is 12.9. The van der Waals surface area contributed by atoms with Crippen LogP contribution >= 0.6 is 15.9 Å². The predicted molar refractivity (Wildman–Crippen MR) is 104 cm³/mol. The van der Waals surface area contributed by atoms with E-state index in [9.17, 15) is 4.39 Å². The second-order valence-corrected chi connectivity index (χ2v) is 7.72. The number of allylic oxidation sites excluding steroid dienone is 2. The summed E-state index contributed by atoms with van der Waals surface area (Å²) in [5, 5.41) is 0. The van der Waals surface area contributed by atoms with Crippen LogP contribution in [-0.2, 0) is 6.42 Å². The Labute approximate surface area is 158 Å². The molecule has 25 heavy (non-hydrogen) atoms. The number of hydrogen-bond donors (Lipinski definition) is 0. The number of hydrogen-bond acceptors (Lipinski definition) is 1. The quantitative estimate of drug-likeness (QED) is 0.375. The Morgan fingerprint density at radius 3 is 2.56 bits per heavy atom. The van der Waals surface area contributed by atoms with Crippen LogP contribution in [0.2, 0.25) is 0 Å². The van der Waals surface area contributed by atoms with Crippen molar-refractivity contribution < 1.29 is 9.13 Å². The molecule has 0 radical (unpaired) electrons. The molecule has 0 heterocycles. The van der Waals surface area contributed by atoms with Crippen LogP contribution in [0.1, 0.15) is 31.2 Å². The van der Waals surface area contributed by atoms with Gasteiger partial charge in [0.1, 0.15) is 11.6 Å². The highest BCUT2D eigenvalue weighted by Gasteiger charge is 2.18. The summed E-state index contributed by atoms with van der Waals surface area (Å²) in [6, 6.07) is 14.9. The van der Waals surface area contributed by atoms with Gasteiger partial charge in [-0.15, -0.1) is 0 Å². The average Bonchev–Trinajstić information content (AvgIpc) is 2.63. The molecule has 0 amide bonds. The largest absolute Gasteiger partial charge is 0.494 e. The van der Waals surface area contributed by atoms with Crippen LogP contribution in [0.5, 0.6) is 5.75 Å². The van der Waals surface area contributed by atoms with Gasteiger partial charge in [-0.1, -0.05) is 40.2 Å². The zero-order valence-corrected chi connectivity index (χ0v) is 15.9. The van der Waals surface area contributed by atoms with Crippen molar-refractivity contribution in [2.24, 2.45) is 11.8 Å². The molecule has 0 saturated heterocycles. The number of halogens is 2. The predicted octanol–water partition coefficient (Wildman–Crippen LogP) is 6.57. The topological polar surface area (TPSA) is 9.23 Å². The molecule has 0 aliphatic heterocycles. The lowest BCUT2D eigenvalue weighted by atomic mass is 9.81. The van der Waals surface area contributed by atoms with E-state index < -0.39 is 0 Å². The van der Waals surface area contributed by atoms with E-state index in [1.165, 1.54) is 37.0 Å². The SMILES string of the molecule is Fc1ccc(OCCCC2CC=CC(Cc3ccc(Br)cc3)C2)cc1. The smallest absolute Gasteiger partial charge is 0.123 e. The summed E-state index contributed by atoms with van der Waals surface area (Å²) in [6.07, 6.45) is 10.5. The average molecular weight is 403 g/mol. The summed E-state index contributed by atoms with van der Waals surface area (Å²) >= 11 is 3.49. The Morgan fingerprint density at radius 2 is 1.80 bits per heavy atom. The van der Waals surface area contributed by atoms with E-state index in [0.29, 0.717) is 12.5 Å². The summed E-state index contributed by atoms with van der Waals surface area (Å²) in [5.41, 5.74) is 1.40. The van der Waals surface area contributed by atoms with Crippen molar-refractivity contribution in [3.8, 4) is 5.75 Å². The van der Waals surface area contributed by atoms with Crippen LogP contribution in [0.15, 0.2) is 65.2 Å². The minimum Gasteiger partial charge on any atom is -0.494 e. The van der Waals surface area contributed by atoms with Crippen LogP contribution in [-0.4, -0.2) is 6.61 Å². The van der Waals surface area contributed by atoms with E-state index in [2.05, 4.69) is 52.3 Å². The van der Waals surface area contributed by atoms with Gasteiger partial charge in [-0.3, -0.25) is 0 Å². The molecular weight excluding hydrogens is 379 g/mol. The van der Waals surface area contributed by atoms with Crippen molar-refractivity contribution in [2.75, 3.05) is 6.61 Å².